The van der Waals surface area contributed by atoms with Crippen molar-refractivity contribution in [2.75, 3.05) is 20.2 Å². The Morgan fingerprint density at radius 1 is 1.16 bits per heavy atom. The van der Waals surface area contributed by atoms with E-state index < -0.39 is 0 Å². The van der Waals surface area contributed by atoms with E-state index in [4.69, 9.17) is 4.74 Å². The summed E-state index contributed by atoms with van der Waals surface area (Å²) >= 11 is 3.41. The molecule has 0 aliphatic carbocycles. The minimum Gasteiger partial charge on any atom is -0.492 e. The van der Waals surface area contributed by atoms with E-state index in [1.54, 1.807) is 18.0 Å². The van der Waals surface area contributed by atoms with Crippen LogP contribution in [0.15, 0.2) is 65.1 Å². The van der Waals surface area contributed by atoms with Crippen LogP contribution in [0.3, 0.4) is 0 Å². The molecule has 0 radical (unpaired) electrons. The number of hydrogen-bond acceptors (Lipinski definition) is 3. The molecule has 0 bridgehead atoms. The number of amides is 1. The van der Waals surface area contributed by atoms with Gasteiger partial charge in [0.15, 0.2) is 0 Å². The molecular weight excluding hydrogens is 382 g/mol. The molecule has 0 atom stereocenters. The number of ether oxygens (including phenoxy) is 1. The number of hydrogen-bond donors (Lipinski definition) is 1. The summed E-state index contributed by atoms with van der Waals surface area (Å²) in [6.07, 6.45) is 0. The number of likely N-dealkylation sites (N-methyl/N-ethyl adjacent to an activating group) is 1. The highest BCUT2D eigenvalue weighted by atomic mass is 79.9. The predicted octanol–water partition coefficient (Wildman–Crippen LogP) is 3.99. The molecule has 2 aromatic carbocycles. The van der Waals surface area contributed by atoms with Gasteiger partial charge < -0.3 is 9.64 Å². The summed E-state index contributed by atoms with van der Waals surface area (Å²) in [7, 11) is 1.75. The number of nitrogens with one attached hydrogen (secondary N) is 1. The highest BCUT2D eigenvalue weighted by Gasteiger charge is 2.15. The lowest BCUT2D eigenvalue weighted by molar-refractivity contribution is 0.0768. The van der Waals surface area contributed by atoms with Crippen LogP contribution in [0.1, 0.15) is 10.5 Å². The molecule has 3 rings (SSSR count). The van der Waals surface area contributed by atoms with Gasteiger partial charge in [0.1, 0.15) is 18.1 Å². The van der Waals surface area contributed by atoms with E-state index >= 15 is 0 Å². The quantitative estimate of drug-likeness (QED) is 0.681. The predicted molar refractivity (Wildman–Crippen MR) is 101 cm³/mol. The monoisotopic (exact) mass is 399 g/mol. The third-order valence-electron chi connectivity index (χ3n) is 3.73. The largest absolute Gasteiger partial charge is 0.492 e. The Kier molecular flexibility index (Phi) is 5.50. The lowest BCUT2D eigenvalue weighted by Crippen LogP contribution is -2.31. The third-order valence-corrected chi connectivity index (χ3v) is 4.26. The van der Waals surface area contributed by atoms with Crippen molar-refractivity contribution in [3.63, 3.8) is 0 Å². The van der Waals surface area contributed by atoms with Crippen molar-refractivity contribution in [1.29, 1.82) is 0 Å². The number of nitrogens with zero attached hydrogens (tertiary/aromatic N) is 2. The molecule has 1 amide bonds. The molecule has 1 heterocycles. The molecule has 0 spiro atoms. The number of aromatic amines is 1. The fourth-order valence-corrected chi connectivity index (χ4v) is 2.59. The van der Waals surface area contributed by atoms with E-state index in [9.17, 15) is 4.79 Å². The maximum Gasteiger partial charge on any atom is 0.271 e. The van der Waals surface area contributed by atoms with Crippen molar-refractivity contribution < 1.29 is 9.53 Å². The Balaban J connectivity index is 1.58. The number of carbonyl (C=O) groups excluding carboxylic acids is 1. The van der Waals surface area contributed by atoms with Gasteiger partial charge in [0.2, 0.25) is 0 Å². The van der Waals surface area contributed by atoms with Crippen LogP contribution >= 0.6 is 15.9 Å². The molecule has 0 unspecified atom stereocenters. The second-order valence-corrected chi connectivity index (χ2v) is 6.48. The highest BCUT2D eigenvalue weighted by molar-refractivity contribution is 9.10. The van der Waals surface area contributed by atoms with Gasteiger partial charge in [-0.3, -0.25) is 9.89 Å². The SMILES string of the molecule is CN(CCOc1ccccc1)C(=O)c1cc(-c2ccc(Br)cc2)n[nH]1. The molecular formula is C19H18BrN3O2. The van der Waals surface area contributed by atoms with E-state index in [1.165, 1.54) is 0 Å². The van der Waals surface area contributed by atoms with Gasteiger partial charge in [-0.25, -0.2) is 0 Å². The Labute approximate surface area is 154 Å². The molecule has 5 nitrogen and oxygen atoms in total. The third kappa shape index (κ3) is 4.48. The van der Waals surface area contributed by atoms with Crippen molar-refractivity contribution in [3.05, 3.63) is 70.8 Å². The number of aromatic nitrogens is 2. The zero-order chi connectivity index (χ0) is 17.6. The van der Waals surface area contributed by atoms with Gasteiger partial charge in [0.25, 0.3) is 5.91 Å². The lowest BCUT2D eigenvalue weighted by Gasteiger charge is -2.16. The molecule has 1 aromatic heterocycles. The zero-order valence-electron chi connectivity index (χ0n) is 13.8. The van der Waals surface area contributed by atoms with Gasteiger partial charge in [-0.15, -0.1) is 0 Å². The van der Waals surface area contributed by atoms with Crippen LogP contribution in [0.4, 0.5) is 0 Å². The van der Waals surface area contributed by atoms with Gasteiger partial charge in [-0.2, -0.15) is 5.10 Å². The van der Waals surface area contributed by atoms with Crippen molar-refractivity contribution in [1.82, 2.24) is 15.1 Å². The first-order valence-corrected chi connectivity index (χ1v) is 8.67. The summed E-state index contributed by atoms with van der Waals surface area (Å²) in [5, 5.41) is 7.04. The van der Waals surface area contributed by atoms with E-state index in [1.807, 2.05) is 54.6 Å². The number of H-pyrrole nitrogens is 1. The second-order valence-electron chi connectivity index (χ2n) is 5.56. The minimum absolute atomic E-state index is 0.118. The standard InChI is InChI=1S/C19H18BrN3O2/c1-23(11-12-25-16-5-3-2-4-6-16)19(24)18-13-17(21-22-18)14-7-9-15(20)10-8-14/h2-10,13H,11-12H2,1H3,(H,21,22). The average molecular weight is 400 g/mol. The molecule has 1 N–H and O–H groups in total. The normalized spacial score (nSPS) is 10.5. The first-order valence-electron chi connectivity index (χ1n) is 7.88. The number of para-hydroxylation sites is 1. The first kappa shape index (κ1) is 17.2. The van der Waals surface area contributed by atoms with Gasteiger partial charge in [0, 0.05) is 17.1 Å². The maximum atomic E-state index is 12.5. The van der Waals surface area contributed by atoms with Crippen molar-refractivity contribution in [2.45, 2.75) is 0 Å². The van der Waals surface area contributed by atoms with Crippen molar-refractivity contribution in [2.24, 2.45) is 0 Å². The van der Waals surface area contributed by atoms with Crippen molar-refractivity contribution in [3.8, 4) is 17.0 Å². The topological polar surface area (TPSA) is 58.2 Å². The number of halogens is 1. The minimum atomic E-state index is -0.118. The number of carbonyl (C=O) groups is 1. The fourth-order valence-electron chi connectivity index (χ4n) is 2.32. The van der Waals surface area contributed by atoms with Gasteiger partial charge in [-0.05, 0) is 30.3 Å². The summed E-state index contributed by atoms with van der Waals surface area (Å²) in [4.78, 5) is 14.1. The first-order chi connectivity index (χ1) is 12.1. The second kappa shape index (κ2) is 7.98. The van der Waals surface area contributed by atoms with E-state index in [0.717, 1.165) is 21.5 Å². The summed E-state index contributed by atoms with van der Waals surface area (Å²) in [5.74, 6) is 0.676. The van der Waals surface area contributed by atoms with Crippen LogP contribution in [0, 0.1) is 0 Å². The van der Waals surface area contributed by atoms with E-state index in [-0.39, 0.29) is 5.91 Å². The Bertz CT molecular complexity index is 831. The Hall–Kier alpha value is -2.60. The molecule has 0 saturated carbocycles. The Morgan fingerprint density at radius 3 is 2.60 bits per heavy atom. The van der Waals surface area contributed by atoms with Crippen LogP contribution in [-0.4, -0.2) is 41.2 Å². The maximum absolute atomic E-state index is 12.5. The molecule has 0 aliphatic heterocycles. The van der Waals surface area contributed by atoms with E-state index in [0.29, 0.717) is 18.8 Å². The summed E-state index contributed by atoms with van der Waals surface area (Å²) in [6, 6.07) is 19.1. The van der Waals surface area contributed by atoms with Gasteiger partial charge in [-0.1, -0.05) is 46.3 Å². The summed E-state index contributed by atoms with van der Waals surface area (Å²) in [5.41, 5.74) is 2.15. The van der Waals surface area contributed by atoms with Crippen LogP contribution in [0.2, 0.25) is 0 Å². The van der Waals surface area contributed by atoms with Crippen LogP contribution < -0.4 is 4.74 Å². The fraction of sp³-hybridized carbons (Fsp3) is 0.158. The zero-order valence-corrected chi connectivity index (χ0v) is 15.4. The Morgan fingerprint density at radius 2 is 1.88 bits per heavy atom. The van der Waals surface area contributed by atoms with Gasteiger partial charge in [0.05, 0.1) is 12.2 Å². The van der Waals surface area contributed by atoms with Crippen LogP contribution in [0.25, 0.3) is 11.3 Å². The summed E-state index contributed by atoms with van der Waals surface area (Å²) < 4.78 is 6.63. The molecule has 3 aromatic rings. The lowest BCUT2D eigenvalue weighted by atomic mass is 10.1. The smallest absolute Gasteiger partial charge is 0.271 e. The molecule has 128 valence electrons. The van der Waals surface area contributed by atoms with Crippen molar-refractivity contribution >= 4 is 21.8 Å². The van der Waals surface area contributed by atoms with E-state index in [2.05, 4.69) is 26.1 Å². The molecule has 6 heteroatoms. The number of rotatable bonds is 6. The van der Waals surface area contributed by atoms with Crippen LogP contribution in [-0.2, 0) is 0 Å². The molecule has 0 aliphatic rings. The highest BCUT2D eigenvalue weighted by Crippen LogP contribution is 2.20. The summed E-state index contributed by atoms with van der Waals surface area (Å²) in [6.45, 7) is 0.917. The molecule has 0 fully saturated rings. The molecule has 25 heavy (non-hydrogen) atoms. The molecule has 0 saturated heterocycles. The average Bonchev–Trinajstić information content (AvgIpc) is 3.12. The number of benzene rings is 2. The van der Waals surface area contributed by atoms with Gasteiger partial charge >= 0.3 is 0 Å². The van der Waals surface area contributed by atoms with Crippen LogP contribution in [0.5, 0.6) is 5.75 Å².